The summed E-state index contributed by atoms with van der Waals surface area (Å²) in [5.41, 5.74) is 2.23. The predicted molar refractivity (Wildman–Crippen MR) is 152 cm³/mol. The minimum absolute atomic E-state index is 0.0207. The summed E-state index contributed by atoms with van der Waals surface area (Å²) in [6.07, 6.45) is 0.182. The number of carbonyl (C=O) groups is 2. The second-order valence-electron chi connectivity index (χ2n) is 12.8. The highest BCUT2D eigenvalue weighted by Crippen LogP contribution is 2.46. The highest BCUT2D eigenvalue weighted by atomic mass is 19.1. The zero-order chi connectivity index (χ0) is 30.3. The molecule has 0 bridgehead atoms. The number of rotatable bonds is 6. The van der Waals surface area contributed by atoms with Gasteiger partial charge in [-0.3, -0.25) is 9.59 Å². The van der Waals surface area contributed by atoms with Gasteiger partial charge in [0.1, 0.15) is 25.1 Å². The molecule has 0 saturated carbocycles. The van der Waals surface area contributed by atoms with Crippen molar-refractivity contribution in [1.82, 2.24) is 14.9 Å². The van der Waals surface area contributed by atoms with E-state index in [9.17, 15) is 24.6 Å². The lowest BCUT2D eigenvalue weighted by molar-refractivity contribution is -0.873. The molecule has 1 amide bonds. The molecule has 0 radical (unpaired) electrons. The Balaban J connectivity index is 1.50. The van der Waals surface area contributed by atoms with E-state index in [2.05, 4.69) is 5.32 Å². The molecular formula is C31H36FN4O6+. The van der Waals surface area contributed by atoms with Gasteiger partial charge in [-0.2, -0.15) is 0 Å². The number of benzene rings is 1. The molecule has 1 unspecified atom stereocenters. The summed E-state index contributed by atoms with van der Waals surface area (Å²) in [4.78, 5) is 44.3. The maximum Gasteiger partial charge on any atom is 0.343 e. The van der Waals surface area contributed by atoms with Gasteiger partial charge in [0.25, 0.3) is 5.56 Å². The van der Waals surface area contributed by atoms with Crippen LogP contribution in [0.1, 0.15) is 65.6 Å². The number of ether oxygens (including phenoxy) is 1. The number of esters is 1. The van der Waals surface area contributed by atoms with Crippen molar-refractivity contribution < 1.29 is 33.4 Å². The van der Waals surface area contributed by atoms with Crippen LogP contribution in [0.3, 0.4) is 0 Å². The van der Waals surface area contributed by atoms with Crippen molar-refractivity contribution in [1.29, 1.82) is 0 Å². The summed E-state index contributed by atoms with van der Waals surface area (Å²) in [6, 6.07) is 2.56. The molecule has 0 fully saturated rings. The summed E-state index contributed by atoms with van der Waals surface area (Å²) in [5, 5.41) is 25.6. The largest absolute Gasteiger partial charge is 0.458 e. The Kier molecular flexibility index (Phi) is 6.56. The standard InChI is InChI=1S/C31H35FN4O6/c1-6-31(41)20-10-24-28-18(12-35(24)29(39)19(20)14-42-30(31)40)27-22(33-25(38)9-16(37)13-36(3,4)5)8-7-17-15(2)21(32)11-23(34-28)26(17)27/h10-11,16,22,37,41H,6-9,12-14H2,1-5H3/p+1/t16?,22-,31-/m0/s1. The van der Waals surface area contributed by atoms with Gasteiger partial charge in [0.2, 0.25) is 5.91 Å². The number of carbonyl (C=O) groups excluding carboxylic acids is 2. The first-order chi connectivity index (χ1) is 19.7. The van der Waals surface area contributed by atoms with E-state index in [4.69, 9.17) is 9.72 Å². The Labute approximate surface area is 242 Å². The number of aromatic nitrogens is 2. The summed E-state index contributed by atoms with van der Waals surface area (Å²) in [7, 11) is 5.83. The minimum atomic E-state index is -1.96. The highest BCUT2D eigenvalue weighted by Gasteiger charge is 2.46. The molecule has 4 heterocycles. The molecule has 11 heteroatoms. The number of aliphatic hydroxyl groups excluding tert-OH is 1. The van der Waals surface area contributed by atoms with Gasteiger partial charge in [0.05, 0.1) is 62.6 Å². The Bertz CT molecular complexity index is 1740. The molecule has 3 N–H and O–H groups in total. The number of nitrogens with one attached hydrogen (secondary N) is 1. The first-order valence-corrected chi connectivity index (χ1v) is 14.3. The van der Waals surface area contributed by atoms with Crippen molar-refractivity contribution in [2.24, 2.45) is 0 Å². The zero-order valence-corrected chi connectivity index (χ0v) is 24.5. The van der Waals surface area contributed by atoms with Gasteiger partial charge in [-0.05, 0) is 48.9 Å². The van der Waals surface area contributed by atoms with Crippen LogP contribution in [0, 0.1) is 12.7 Å². The number of hydrogen-bond donors (Lipinski definition) is 3. The van der Waals surface area contributed by atoms with Gasteiger partial charge >= 0.3 is 5.97 Å². The van der Waals surface area contributed by atoms with Crippen molar-refractivity contribution in [2.75, 3.05) is 27.7 Å². The number of aliphatic hydroxyl groups is 2. The number of hydrogen-bond acceptors (Lipinski definition) is 7. The topological polar surface area (TPSA) is 131 Å². The molecule has 3 atom stereocenters. The van der Waals surface area contributed by atoms with Gasteiger partial charge < -0.3 is 29.3 Å². The van der Waals surface area contributed by atoms with Crippen LogP contribution in [0.2, 0.25) is 0 Å². The lowest BCUT2D eigenvalue weighted by Crippen LogP contribution is -2.44. The van der Waals surface area contributed by atoms with Gasteiger partial charge in [0.15, 0.2) is 5.60 Å². The molecule has 2 aliphatic heterocycles. The van der Waals surface area contributed by atoms with Crippen LogP contribution in [0.15, 0.2) is 16.9 Å². The van der Waals surface area contributed by atoms with Crippen LogP contribution in [0.5, 0.6) is 0 Å². The third-order valence-corrected chi connectivity index (χ3v) is 8.89. The van der Waals surface area contributed by atoms with Gasteiger partial charge in [0, 0.05) is 22.6 Å². The normalized spacial score (nSPS) is 21.4. The van der Waals surface area contributed by atoms with Crippen molar-refractivity contribution >= 4 is 22.8 Å². The number of halogens is 1. The Morgan fingerprint density at radius 1 is 1.26 bits per heavy atom. The fourth-order valence-corrected chi connectivity index (χ4v) is 6.86. The Morgan fingerprint density at radius 2 is 2.00 bits per heavy atom. The average Bonchev–Trinajstić information content (AvgIpc) is 3.27. The highest BCUT2D eigenvalue weighted by molar-refractivity contribution is 5.94. The second kappa shape index (κ2) is 9.68. The molecule has 1 aromatic carbocycles. The summed E-state index contributed by atoms with van der Waals surface area (Å²) in [6.45, 7) is 3.71. The number of amides is 1. The first kappa shape index (κ1) is 28.4. The van der Waals surface area contributed by atoms with Crippen LogP contribution >= 0.6 is 0 Å². The number of likely N-dealkylation sites (N-methyl/N-ethyl adjacent to an activating group) is 1. The van der Waals surface area contributed by atoms with Crippen LogP contribution in [0.4, 0.5) is 4.39 Å². The lowest BCUT2D eigenvalue weighted by atomic mass is 9.81. The van der Waals surface area contributed by atoms with Crippen LogP contribution in [-0.4, -0.2) is 69.9 Å². The number of fused-ring (bicyclic) bond motifs is 5. The van der Waals surface area contributed by atoms with Crippen molar-refractivity contribution in [3.63, 3.8) is 0 Å². The fraction of sp³-hybridized carbons (Fsp3) is 0.484. The summed E-state index contributed by atoms with van der Waals surface area (Å²) in [5.74, 6) is -1.49. The molecule has 6 rings (SSSR count). The monoisotopic (exact) mass is 579 g/mol. The minimum Gasteiger partial charge on any atom is -0.458 e. The van der Waals surface area contributed by atoms with Crippen molar-refractivity contribution in [3.05, 3.63) is 61.7 Å². The maximum absolute atomic E-state index is 15.1. The average molecular weight is 580 g/mol. The third kappa shape index (κ3) is 4.33. The van der Waals surface area contributed by atoms with Gasteiger partial charge in [-0.1, -0.05) is 6.92 Å². The van der Waals surface area contributed by atoms with E-state index in [0.29, 0.717) is 46.3 Å². The SMILES string of the molecule is CC[C@@]1(O)C(=O)OCc2c1cc1n(c2=O)Cc2c-1nc1cc(F)c(C)c3c1c2[C@@H](NC(=O)CC(O)C[N+](C)(C)C)CC3. The second-order valence-corrected chi connectivity index (χ2v) is 12.8. The molecular weight excluding hydrogens is 543 g/mol. The maximum atomic E-state index is 15.1. The first-order valence-electron chi connectivity index (χ1n) is 14.3. The third-order valence-electron chi connectivity index (χ3n) is 8.89. The molecule has 0 spiro atoms. The summed E-state index contributed by atoms with van der Waals surface area (Å²) < 4.78 is 22.3. The van der Waals surface area contributed by atoms with E-state index in [-0.39, 0.29) is 48.8 Å². The number of aryl methyl sites for hydroxylation is 1. The van der Waals surface area contributed by atoms with E-state index in [0.717, 1.165) is 22.1 Å². The van der Waals surface area contributed by atoms with Crippen molar-refractivity contribution in [2.45, 2.75) is 70.4 Å². The van der Waals surface area contributed by atoms with Crippen LogP contribution in [0.25, 0.3) is 22.3 Å². The molecule has 3 aromatic rings. The Hall–Kier alpha value is -3.67. The quantitative estimate of drug-likeness (QED) is 0.236. The van der Waals surface area contributed by atoms with Gasteiger partial charge in [-0.15, -0.1) is 0 Å². The molecule has 3 aliphatic rings. The molecule has 1 aliphatic carbocycles. The zero-order valence-electron chi connectivity index (χ0n) is 24.5. The molecule has 10 nitrogen and oxygen atoms in total. The number of cyclic esters (lactones) is 1. The smallest absolute Gasteiger partial charge is 0.343 e. The van der Waals surface area contributed by atoms with E-state index < -0.39 is 29.3 Å². The van der Waals surface area contributed by atoms with E-state index in [1.165, 1.54) is 6.07 Å². The number of nitrogens with zero attached hydrogens (tertiary/aromatic N) is 3. The summed E-state index contributed by atoms with van der Waals surface area (Å²) >= 11 is 0. The van der Waals surface area contributed by atoms with Gasteiger partial charge in [-0.25, -0.2) is 14.2 Å². The predicted octanol–water partition coefficient (Wildman–Crippen LogP) is 2.09. The van der Waals surface area contributed by atoms with Crippen LogP contribution < -0.4 is 10.9 Å². The van der Waals surface area contributed by atoms with E-state index in [1.54, 1.807) is 24.5 Å². The fourth-order valence-electron chi connectivity index (χ4n) is 6.86. The van der Waals surface area contributed by atoms with E-state index >= 15 is 4.39 Å². The lowest BCUT2D eigenvalue weighted by Gasteiger charge is -2.31. The molecule has 2 aromatic heterocycles. The van der Waals surface area contributed by atoms with E-state index in [1.807, 2.05) is 21.1 Å². The molecule has 42 heavy (non-hydrogen) atoms. The van der Waals surface area contributed by atoms with Crippen molar-refractivity contribution in [3.8, 4) is 11.4 Å². The number of quaternary nitrogens is 1. The Morgan fingerprint density at radius 3 is 2.69 bits per heavy atom. The van der Waals surface area contributed by atoms with Crippen LogP contribution in [-0.2, 0) is 39.5 Å². The molecule has 222 valence electrons. The molecule has 0 saturated heterocycles. The number of pyridine rings is 2.